The molecule has 1 heterocycles. The summed E-state index contributed by atoms with van der Waals surface area (Å²) < 4.78 is 27.5. The zero-order chi connectivity index (χ0) is 21.0. The van der Waals surface area contributed by atoms with Crippen molar-refractivity contribution in [3.63, 3.8) is 0 Å². The Morgan fingerprint density at radius 2 is 2.00 bits per heavy atom. The third kappa shape index (κ3) is 5.17. The molecule has 0 saturated carbocycles. The van der Waals surface area contributed by atoms with Gasteiger partial charge in [-0.3, -0.25) is 4.79 Å². The third-order valence-electron chi connectivity index (χ3n) is 5.07. The Morgan fingerprint density at radius 3 is 2.69 bits per heavy atom. The molecular formula is C21H25ClN2O4S. The van der Waals surface area contributed by atoms with E-state index in [-0.39, 0.29) is 27.9 Å². The van der Waals surface area contributed by atoms with E-state index >= 15 is 0 Å². The van der Waals surface area contributed by atoms with Gasteiger partial charge in [-0.05, 0) is 42.5 Å². The first-order valence-corrected chi connectivity index (χ1v) is 11.4. The molecule has 2 N–H and O–H groups in total. The van der Waals surface area contributed by atoms with Crippen molar-refractivity contribution < 1.29 is 18.3 Å². The fraction of sp³-hybridized carbons (Fsp3) is 0.381. The van der Waals surface area contributed by atoms with Gasteiger partial charge in [0.2, 0.25) is 10.0 Å². The van der Waals surface area contributed by atoms with Gasteiger partial charge in [-0.15, -0.1) is 0 Å². The zero-order valence-corrected chi connectivity index (χ0v) is 17.8. The molecule has 29 heavy (non-hydrogen) atoms. The first kappa shape index (κ1) is 21.8. The molecule has 8 heteroatoms. The molecule has 2 aromatic rings. The van der Waals surface area contributed by atoms with Crippen LogP contribution in [0.3, 0.4) is 0 Å². The van der Waals surface area contributed by atoms with E-state index in [0.29, 0.717) is 18.7 Å². The normalized spacial score (nSPS) is 18.9. The number of amides is 1. The highest BCUT2D eigenvalue weighted by molar-refractivity contribution is 7.89. The number of hydrogen-bond acceptors (Lipinski definition) is 4. The number of carbonyl (C=O) groups excluding carboxylic acids is 1. The second kappa shape index (κ2) is 9.26. The summed E-state index contributed by atoms with van der Waals surface area (Å²) in [5, 5.41) is 12.9. The van der Waals surface area contributed by atoms with Gasteiger partial charge in [-0.1, -0.05) is 48.9 Å². The van der Waals surface area contributed by atoms with E-state index in [9.17, 15) is 18.3 Å². The number of halogens is 1. The molecule has 3 rings (SSSR count). The van der Waals surface area contributed by atoms with Crippen LogP contribution < -0.4 is 5.32 Å². The molecular weight excluding hydrogens is 412 g/mol. The second-order valence-corrected chi connectivity index (χ2v) is 9.71. The van der Waals surface area contributed by atoms with Gasteiger partial charge < -0.3 is 10.4 Å². The Hall–Kier alpha value is -1.93. The molecule has 156 valence electrons. The predicted molar refractivity (Wildman–Crippen MR) is 112 cm³/mol. The average Bonchev–Trinajstić information content (AvgIpc) is 2.72. The van der Waals surface area contributed by atoms with Crippen LogP contribution in [-0.2, 0) is 10.0 Å². The second-order valence-electron chi connectivity index (χ2n) is 7.39. The number of aliphatic hydroxyl groups is 1. The van der Waals surface area contributed by atoms with E-state index in [0.717, 1.165) is 12.8 Å². The van der Waals surface area contributed by atoms with Crippen molar-refractivity contribution >= 4 is 27.5 Å². The maximum absolute atomic E-state index is 13.0. The molecule has 0 aromatic heterocycles. The standard InChI is InChI=1S/C21H25ClN2O4S/c1-15-6-5-11-24(14-15)29(27,28)20-12-17(9-10-18(20)22)21(26)23-13-19(25)16-7-3-2-4-8-16/h2-4,7-10,12,15,19,25H,5-6,11,13-14H2,1H3,(H,23,26). The summed E-state index contributed by atoms with van der Waals surface area (Å²) in [5.74, 6) is -0.191. The highest BCUT2D eigenvalue weighted by Crippen LogP contribution is 2.29. The number of sulfonamides is 1. The lowest BCUT2D eigenvalue weighted by Gasteiger charge is -2.30. The SMILES string of the molecule is CC1CCCN(S(=O)(=O)c2cc(C(=O)NCC(O)c3ccccc3)ccc2Cl)C1. The minimum absolute atomic E-state index is 0.0111. The number of rotatable bonds is 6. The van der Waals surface area contributed by atoms with Crippen LogP contribution in [0.25, 0.3) is 0 Å². The molecule has 2 atom stereocenters. The van der Waals surface area contributed by atoms with Gasteiger partial charge in [0.25, 0.3) is 5.91 Å². The van der Waals surface area contributed by atoms with Crippen molar-refractivity contribution in [3.8, 4) is 0 Å². The van der Waals surface area contributed by atoms with Crippen LogP contribution in [0, 0.1) is 5.92 Å². The quantitative estimate of drug-likeness (QED) is 0.727. The predicted octanol–water partition coefficient (Wildman–Crippen LogP) is 3.22. The lowest BCUT2D eigenvalue weighted by atomic mass is 10.0. The molecule has 0 bridgehead atoms. The summed E-state index contributed by atoms with van der Waals surface area (Å²) in [7, 11) is -3.78. The van der Waals surface area contributed by atoms with Crippen LogP contribution in [0.4, 0.5) is 0 Å². The average molecular weight is 437 g/mol. The van der Waals surface area contributed by atoms with Crippen LogP contribution in [0.2, 0.25) is 5.02 Å². The van der Waals surface area contributed by atoms with Crippen molar-refractivity contribution in [2.45, 2.75) is 30.8 Å². The first-order chi connectivity index (χ1) is 13.8. The Morgan fingerprint density at radius 1 is 1.28 bits per heavy atom. The molecule has 1 saturated heterocycles. The van der Waals surface area contributed by atoms with Crippen molar-refractivity contribution in [1.82, 2.24) is 9.62 Å². The molecule has 0 aliphatic carbocycles. The summed E-state index contributed by atoms with van der Waals surface area (Å²) >= 11 is 6.17. The highest BCUT2D eigenvalue weighted by Gasteiger charge is 2.31. The Balaban J connectivity index is 1.75. The van der Waals surface area contributed by atoms with Crippen LogP contribution in [0.15, 0.2) is 53.4 Å². The number of aliphatic hydroxyl groups excluding tert-OH is 1. The number of piperidine rings is 1. The molecule has 1 aliphatic heterocycles. The number of benzene rings is 2. The fourth-order valence-corrected chi connectivity index (χ4v) is 5.53. The Bertz CT molecular complexity index is 966. The molecule has 0 spiro atoms. The van der Waals surface area contributed by atoms with Crippen LogP contribution in [0.5, 0.6) is 0 Å². The van der Waals surface area contributed by atoms with Crippen LogP contribution in [0.1, 0.15) is 41.8 Å². The van der Waals surface area contributed by atoms with Crippen molar-refractivity contribution in [2.75, 3.05) is 19.6 Å². The molecule has 2 aromatic carbocycles. The van der Waals surface area contributed by atoms with Crippen molar-refractivity contribution in [2.24, 2.45) is 5.92 Å². The largest absolute Gasteiger partial charge is 0.387 e. The van der Waals surface area contributed by atoms with E-state index in [1.54, 1.807) is 24.3 Å². The number of nitrogens with one attached hydrogen (secondary N) is 1. The van der Waals surface area contributed by atoms with Gasteiger partial charge >= 0.3 is 0 Å². The molecule has 1 aliphatic rings. The number of hydrogen-bond donors (Lipinski definition) is 2. The van der Waals surface area contributed by atoms with Crippen LogP contribution in [-0.4, -0.2) is 43.4 Å². The van der Waals surface area contributed by atoms with E-state index in [1.165, 1.54) is 22.5 Å². The fourth-order valence-electron chi connectivity index (χ4n) is 3.43. The van der Waals surface area contributed by atoms with Gasteiger partial charge in [0.15, 0.2) is 0 Å². The Labute approximate surface area is 176 Å². The minimum Gasteiger partial charge on any atom is -0.387 e. The highest BCUT2D eigenvalue weighted by atomic mass is 35.5. The summed E-state index contributed by atoms with van der Waals surface area (Å²) in [6.07, 6.45) is 0.937. The molecule has 2 unspecified atom stereocenters. The lowest BCUT2D eigenvalue weighted by Crippen LogP contribution is -2.39. The van der Waals surface area contributed by atoms with Crippen molar-refractivity contribution in [3.05, 3.63) is 64.7 Å². The Kier molecular flexibility index (Phi) is 6.95. The van der Waals surface area contributed by atoms with E-state index < -0.39 is 22.0 Å². The first-order valence-electron chi connectivity index (χ1n) is 9.60. The van der Waals surface area contributed by atoms with Gasteiger partial charge in [0.1, 0.15) is 4.90 Å². The van der Waals surface area contributed by atoms with Gasteiger partial charge in [0, 0.05) is 25.2 Å². The van der Waals surface area contributed by atoms with Crippen LogP contribution >= 0.6 is 11.6 Å². The van der Waals surface area contributed by atoms with E-state index in [2.05, 4.69) is 5.32 Å². The van der Waals surface area contributed by atoms with E-state index in [1.807, 2.05) is 13.0 Å². The maximum atomic E-state index is 13.0. The van der Waals surface area contributed by atoms with E-state index in [4.69, 9.17) is 11.6 Å². The van der Waals surface area contributed by atoms with Gasteiger partial charge in [-0.25, -0.2) is 8.42 Å². The summed E-state index contributed by atoms with van der Waals surface area (Å²) in [4.78, 5) is 12.5. The summed E-state index contributed by atoms with van der Waals surface area (Å²) in [6, 6.07) is 13.2. The van der Waals surface area contributed by atoms with Gasteiger partial charge in [-0.2, -0.15) is 4.31 Å². The van der Waals surface area contributed by atoms with Crippen molar-refractivity contribution in [1.29, 1.82) is 0 Å². The lowest BCUT2D eigenvalue weighted by molar-refractivity contribution is 0.0916. The number of carbonyl (C=O) groups is 1. The number of nitrogens with zero attached hydrogens (tertiary/aromatic N) is 1. The third-order valence-corrected chi connectivity index (χ3v) is 7.42. The summed E-state index contributed by atoms with van der Waals surface area (Å²) in [6.45, 7) is 2.92. The molecule has 1 fully saturated rings. The van der Waals surface area contributed by atoms with Gasteiger partial charge in [0.05, 0.1) is 11.1 Å². The monoisotopic (exact) mass is 436 g/mol. The topological polar surface area (TPSA) is 86.7 Å². The smallest absolute Gasteiger partial charge is 0.251 e. The molecule has 0 radical (unpaired) electrons. The molecule has 6 nitrogen and oxygen atoms in total. The maximum Gasteiger partial charge on any atom is 0.251 e. The zero-order valence-electron chi connectivity index (χ0n) is 16.2. The minimum atomic E-state index is -3.78. The summed E-state index contributed by atoms with van der Waals surface area (Å²) in [5.41, 5.74) is 0.865. The molecule has 1 amide bonds.